The molecule has 0 amide bonds. The summed E-state index contributed by atoms with van der Waals surface area (Å²) in [5.74, 6) is 0.362. The Labute approximate surface area is 124 Å². The summed E-state index contributed by atoms with van der Waals surface area (Å²) in [5, 5.41) is 10.8. The van der Waals surface area contributed by atoms with Gasteiger partial charge in [-0.05, 0) is 44.2 Å². The fourth-order valence-electron chi connectivity index (χ4n) is 3.33. The van der Waals surface area contributed by atoms with Gasteiger partial charge in [0.05, 0.1) is 25.4 Å². The second-order valence-electron chi connectivity index (χ2n) is 6.20. The minimum absolute atomic E-state index is 0.274. The molecule has 3 rings (SSSR count). The fourth-order valence-corrected chi connectivity index (χ4v) is 3.33. The lowest BCUT2D eigenvalue weighted by atomic mass is 9.79. The quantitative estimate of drug-likeness (QED) is 0.920. The Hall–Kier alpha value is -1.17. The summed E-state index contributed by atoms with van der Waals surface area (Å²) in [4.78, 5) is 2.32. The van der Waals surface area contributed by atoms with E-state index >= 15 is 0 Å². The first-order chi connectivity index (χ1) is 10.1. The van der Waals surface area contributed by atoms with Crippen LogP contribution in [0, 0.1) is 5.82 Å². The lowest BCUT2D eigenvalue weighted by Gasteiger charge is -2.50. The van der Waals surface area contributed by atoms with Crippen LogP contribution in [0.2, 0.25) is 0 Å². The number of piperidine rings is 1. The number of rotatable bonds is 4. The Kier molecular flexibility index (Phi) is 4.15. The Morgan fingerprint density at radius 1 is 1.29 bits per heavy atom. The van der Waals surface area contributed by atoms with Crippen molar-refractivity contribution in [3.05, 3.63) is 30.1 Å². The van der Waals surface area contributed by atoms with Crippen LogP contribution in [0.4, 0.5) is 4.39 Å². The Bertz CT molecular complexity index is 465. The third-order valence-corrected chi connectivity index (χ3v) is 4.65. The van der Waals surface area contributed by atoms with Crippen molar-refractivity contribution in [2.45, 2.75) is 36.9 Å². The molecule has 2 saturated heterocycles. The lowest BCUT2D eigenvalue weighted by molar-refractivity contribution is -0.138. The fraction of sp³-hybridized carbons (Fsp3) is 0.625. The number of nitrogens with zero attached hydrogens (tertiary/aromatic N) is 1. The van der Waals surface area contributed by atoms with Crippen LogP contribution in [-0.4, -0.2) is 54.6 Å². The molecule has 2 fully saturated rings. The van der Waals surface area contributed by atoms with Gasteiger partial charge in [0.1, 0.15) is 11.6 Å². The van der Waals surface area contributed by atoms with Crippen molar-refractivity contribution >= 4 is 0 Å². The number of likely N-dealkylation sites (N-methyl/N-ethyl adjacent to an activating group) is 1. The predicted octanol–water partition coefficient (Wildman–Crippen LogP) is 1.82. The van der Waals surface area contributed by atoms with Gasteiger partial charge in [0.2, 0.25) is 0 Å². The van der Waals surface area contributed by atoms with E-state index in [1.54, 1.807) is 12.1 Å². The molecule has 1 aromatic carbocycles. The molecule has 5 heteroatoms. The first kappa shape index (κ1) is 14.8. The molecule has 0 radical (unpaired) electrons. The smallest absolute Gasteiger partial charge is 0.123 e. The summed E-state index contributed by atoms with van der Waals surface area (Å²) in [5.41, 5.74) is -0.689. The van der Waals surface area contributed by atoms with E-state index in [0.717, 1.165) is 0 Å². The maximum atomic E-state index is 12.8. The minimum Gasteiger partial charge on any atom is -0.493 e. The molecule has 1 aromatic rings. The molecule has 0 aliphatic carbocycles. The molecule has 1 N–H and O–H groups in total. The third kappa shape index (κ3) is 3.36. The van der Waals surface area contributed by atoms with Gasteiger partial charge < -0.3 is 14.6 Å². The number of ether oxygens (including phenoxy) is 2. The zero-order valence-electron chi connectivity index (χ0n) is 12.3. The zero-order chi connectivity index (χ0) is 14.9. The maximum absolute atomic E-state index is 12.8. The van der Waals surface area contributed by atoms with Gasteiger partial charge in [-0.3, -0.25) is 4.90 Å². The van der Waals surface area contributed by atoms with Crippen molar-refractivity contribution in [2.75, 3.05) is 26.9 Å². The molecule has 4 nitrogen and oxygen atoms in total. The third-order valence-electron chi connectivity index (χ3n) is 4.65. The Morgan fingerprint density at radius 3 is 2.52 bits per heavy atom. The summed E-state index contributed by atoms with van der Waals surface area (Å²) in [6, 6.07) is 6.54. The topological polar surface area (TPSA) is 41.9 Å². The number of halogens is 1. The highest BCUT2D eigenvalue weighted by atomic mass is 19.1. The van der Waals surface area contributed by atoms with Gasteiger partial charge in [-0.1, -0.05) is 0 Å². The van der Waals surface area contributed by atoms with Gasteiger partial charge in [-0.2, -0.15) is 0 Å². The largest absolute Gasteiger partial charge is 0.493 e. The summed E-state index contributed by atoms with van der Waals surface area (Å²) < 4.78 is 24.0. The Morgan fingerprint density at radius 2 is 1.90 bits per heavy atom. The molecule has 2 aliphatic rings. The van der Waals surface area contributed by atoms with E-state index in [1.807, 2.05) is 0 Å². The first-order valence-corrected chi connectivity index (χ1v) is 7.46. The number of morpholine rings is 1. The molecular formula is C16H22FNO3. The van der Waals surface area contributed by atoms with E-state index < -0.39 is 5.60 Å². The molecular weight excluding hydrogens is 273 g/mol. The van der Waals surface area contributed by atoms with E-state index in [-0.39, 0.29) is 17.9 Å². The summed E-state index contributed by atoms with van der Waals surface area (Å²) in [7, 11) is 2.10. The number of aliphatic hydroxyl groups is 1. The van der Waals surface area contributed by atoms with E-state index in [2.05, 4.69) is 11.9 Å². The molecule has 2 atom stereocenters. The van der Waals surface area contributed by atoms with Gasteiger partial charge in [0, 0.05) is 18.5 Å². The molecule has 2 bridgehead atoms. The highest BCUT2D eigenvalue weighted by molar-refractivity contribution is 5.22. The van der Waals surface area contributed by atoms with Crippen molar-refractivity contribution < 1.29 is 19.0 Å². The monoisotopic (exact) mass is 295 g/mol. The van der Waals surface area contributed by atoms with E-state index in [0.29, 0.717) is 44.8 Å². The molecule has 2 aliphatic heterocycles. The standard InChI is InChI=1S/C16H22FNO3/c1-18-13-8-16(19,9-14(18)11-20-10-13)6-7-21-15-4-2-12(17)3-5-15/h2-5,13-14,19H,6-11H2,1H3. The average Bonchev–Trinajstić information content (AvgIpc) is 2.43. The number of fused-ring (bicyclic) bond motifs is 2. The van der Waals surface area contributed by atoms with Crippen LogP contribution in [0.15, 0.2) is 24.3 Å². The van der Waals surface area contributed by atoms with Crippen molar-refractivity contribution in [2.24, 2.45) is 0 Å². The number of benzene rings is 1. The molecule has 0 saturated carbocycles. The van der Waals surface area contributed by atoms with E-state index in [9.17, 15) is 9.50 Å². The second-order valence-corrected chi connectivity index (χ2v) is 6.20. The molecule has 0 aromatic heterocycles. The Balaban J connectivity index is 1.53. The van der Waals surface area contributed by atoms with Crippen LogP contribution in [0.25, 0.3) is 0 Å². The van der Waals surface area contributed by atoms with Crippen molar-refractivity contribution in [1.82, 2.24) is 4.90 Å². The molecule has 2 unspecified atom stereocenters. The average molecular weight is 295 g/mol. The highest BCUT2D eigenvalue weighted by Gasteiger charge is 2.44. The summed E-state index contributed by atoms with van der Waals surface area (Å²) in [6.45, 7) is 1.81. The van der Waals surface area contributed by atoms with Crippen LogP contribution >= 0.6 is 0 Å². The highest BCUT2D eigenvalue weighted by Crippen LogP contribution is 2.35. The molecule has 21 heavy (non-hydrogen) atoms. The van der Waals surface area contributed by atoms with Crippen molar-refractivity contribution in [3.63, 3.8) is 0 Å². The van der Waals surface area contributed by atoms with Gasteiger partial charge in [-0.25, -0.2) is 4.39 Å². The van der Waals surface area contributed by atoms with Crippen LogP contribution < -0.4 is 4.74 Å². The van der Waals surface area contributed by atoms with Gasteiger partial charge >= 0.3 is 0 Å². The first-order valence-electron chi connectivity index (χ1n) is 7.46. The van der Waals surface area contributed by atoms with Crippen LogP contribution in [0.3, 0.4) is 0 Å². The lowest BCUT2D eigenvalue weighted by Crippen LogP contribution is -2.60. The second kappa shape index (κ2) is 5.91. The SMILES string of the molecule is CN1C2COCC1CC(O)(CCOc1ccc(F)cc1)C2. The van der Waals surface area contributed by atoms with Crippen LogP contribution in [0.5, 0.6) is 5.75 Å². The number of hydrogen-bond donors (Lipinski definition) is 1. The van der Waals surface area contributed by atoms with Gasteiger partial charge in [0.25, 0.3) is 0 Å². The van der Waals surface area contributed by atoms with E-state index in [4.69, 9.17) is 9.47 Å². The van der Waals surface area contributed by atoms with Gasteiger partial charge in [-0.15, -0.1) is 0 Å². The normalized spacial score (nSPS) is 32.9. The van der Waals surface area contributed by atoms with Crippen molar-refractivity contribution in [1.29, 1.82) is 0 Å². The van der Waals surface area contributed by atoms with Crippen LogP contribution in [0.1, 0.15) is 19.3 Å². The summed E-state index contributed by atoms with van der Waals surface area (Å²) in [6.07, 6.45) is 2.02. The maximum Gasteiger partial charge on any atom is 0.123 e. The molecule has 2 heterocycles. The van der Waals surface area contributed by atoms with E-state index in [1.165, 1.54) is 12.1 Å². The molecule has 0 spiro atoms. The van der Waals surface area contributed by atoms with Crippen LogP contribution in [-0.2, 0) is 4.74 Å². The molecule has 116 valence electrons. The van der Waals surface area contributed by atoms with Crippen molar-refractivity contribution in [3.8, 4) is 5.75 Å². The van der Waals surface area contributed by atoms with Gasteiger partial charge in [0.15, 0.2) is 0 Å². The number of hydrogen-bond acceptors (Lipinski definition) is 4. The summed E-state index contributed by atoms with van der Waals surface area (Å²) >= 11 is 0. The predicted molar refractivity (Wildman–Crippen MR) is 76.9 cm³/mol. The zero-order valence-corrected chi connectivity index (χ0v) is 12.3. The minimum atomic E-state index is -0.689.